The zero-order valence-corrected chi connectivity index (χ0v) is 14.0. The second-order valence-electron chi connectivity index (χ2n) is 6.89. The summed E-state index contributed by atoms with van der Waals surface area (Å²) in [7, 11) is 2.19. The van der Waals surface area contributed by atoms with Crippen LogP contribution in [0.3, 0.4) is 0 Å². The second-order valence-corrected chi connectivity index (χ2v) is 6.89. The highest BCUT2D eigenvalue weighted by Gasteiger charge is 2.25. The lowest BCUT2D eigenvalue weighted by atomic mass is 9.82. The number of rotatable bonds is 2. The van der Waals surface area contributed by atoms with Gasteiger partial charge in [-0.15, -0.1) is 0 Å². The molecule has 0 saturated heterocycles. The Hall–Kier alpha value is -2.09. The minimum absolute atomic E-state index is 0.673. The average molecular weight is 304 g/mol. The van der Waals surface area contributed by atoms with Crippen LogP contribution in [0.15, 0.2) is 42.6 Å². The lowest BCUT2D eigenvalue weighted by molar-refractivity contribution is 0.445. The molecule has 2 nitrogen and oxygen atoms in total. The van der Waals surface area contributed by atoms with Gasteiger partial charge in [0.15, 0.2) is 0 Å². The van der Waals surface area contributed by atoms with Crippen LogP contribution in [0.4, 0.5) is 0 Å². The van der Waals surface area contributed by atoms with Crippen molar-refractivity contribution in [3.8, 4) is 11.4 Å². The maximum absolute atomic E-state index is 4.66. The first-order valence-electron chi connectivity index (χ1n) is 8.76. The van der Waals surface area contributed by atoms with Crippen LogP contribution in [-0.4, -0.2) is 9.55 Å². The van der Waals surface area contributed by atoms with Crippen molar-refractivity contribution in [1.29, 1.82) is 0 Å². The SMILES string of the molecule is Cc1ccc2c(C3CCCCC3)c(-c3ccccn3)n(C)c2c1. The number of aryl methyl sites for hydroxylation is 2. The Morgan fingerprint density at radius 3 is 2.61 bits per heavy atom. The number of pyridine rings is 1. The molecular formula is C21H24N2. The van der Waals surface area contributed by atoms with E-state index in [-0.39, 0.29) is 0 Å². The van der Waals surface area contributed by atoms with E-state index < -0.39 is 0 Å². The number of hydrogen-bond donors (Lipinski definition) is 0. The summed E-state index contributed by atoms with van der Waals surface area (Å²) in [6, 6.07) is 13.1. The summed E-state index contributed by atoms with van der Waals surface area (Å²) in [5.74, 6) is 0.673. The summed E-state index contributed by atoms with van der Waals surface area (Å²) in [6.45, 7) is 2.17. The third-order valence-electron chi connectivity index (χ3n) is 5.32. The topological polar surface area (TPSA) is 17.8 Å². The number of aromatic nitrogens is 2. The third kappa shape index (κ3) is 2.46. The minimum atomic E-state index is 0.673. The lowest BCUT2D eigenvalue weighted by Gasteiger charge is -2.23. The van der Waals surface area contributed by atoms with Gasteiger partial charge >= 0.3 is 0 Å². The van der Waals surface area contributed by atoms with Crippen molar-refractivity contribution < 1.29 is 0 Å². The molecule has 2 heteroatoms. The summed E-state index contributed by atoms with van der Waals surface area (Å²) in [5.41, 5.74) is 6.61. The summed E-state index contributed by atoms with van der Waals surface area (Å²) in [4.78, 5) is 4.66. The van der Waals surface area contributed by atoms with Crippen molar-refractivity contribution >= 4 is 10.9 Å². The molecule has 1 fully saturated rings. The summed E-state index contributed by atoms with van der Waals surface area (Å²) in [5, 5.41) is 1.42. The van der Waals surface area contributed by atoms with Gasteiger partial charge in [-0.1, -0.05) is 37.5 Å². The Bertz CT molecular complexity index is 824. The van der Waals surface area contributed by atoms with Gasteiger partial charge in [0.2, 0.25) is 0 Å². The Morgan fingerprint density at radius 2 is 1.87 bits per heavy atom. The van der Waals surface area contributed by atoms with Gasteiger partial charge in [-0.3, -0.25) is 4.98 Å². The molecule has 1 saturated carbocycles. The van der Waals surface area contributed by atoms with Crippen molar-refractivity contribution in [1.82, 2.24) is 9.55 Å². The molecule has 0 N–H and O–H groups in total. The van der Waals surface area contributed by atoms with Crippen molar-refractivity contribution in [2.24, 2.45) is 7.05 Å². The van der Waals surface area contributed by atoms with Crippen molar-refractivity contribution in [3.05, 3.63) is 53.7 Å². The number of nitrogens with zero attached hydrogens (tertiary/aromatic N) is 2. The van der Waals surface area contributed by atoms with Crippen LogP contribution >= 0.6 is 0 Å². The monoisotopic (exact) mass is 304 g/mol. The molecule has 0 atom stereocenters. The van der Waals surface area contributed by atoms with E-state index in [1.807, 2.05) is 12.3 Å². The Labute approximate surface area is 138 Å². The standard InChI is InChI=1S/C21H24N2/c1-15-11-12-17-19(14-15)23(2)21(18-10-6-7-13-22-18)20(17)16-8-4-3-5-9-16/h6-7,10-14,16H,3-5,8-9H2,1-2H3. The Morgan fingerprint density at radius 1 is 1.04 bits per heavy atom. The molecule has 118 valence electrons. The fraction of sp³-hybridized carbons (Fsp3) is 0.381. The maximum atomic E-state index is 4.66. The van der Waals surface area contributed by atoms with E-state index in [1.165, 1.54) is 59.8 Å². The molecule has 3 aromatic rings. The van der Waals surface area contributed by atoms with E-state index in [4.69, 9.17) is 0 Å². The quantitative estimate of drug-likeness (QED) is 0.603. The van der Waals surface area contributed by atoms with E-state index in [2.05, 4.69) is 53.9 Å². The van der Waals surface area contributed by atoms with Gasteiger partial charge in [0, 0.05) is 24.1 Å². The van der Waals surface area contributed by atoms with Crippen molar-refractivity contribution in [3.63, 3.8) is 0 Å². The molecular weight excluding hydrogens is 280 g/mol. The van der Waals surface area contributed by atoms with Crippen molar-refractivity contribution in [2.75, 3.05) is 0 Å². The first-order valence-corrected chi connectivity index (χ1v) is 8.76. The van der Waals surface area contributed by atoms with Gasteiger partial charge in [0.1, 0.15) is 0 Å². The molecule has 0 bridgehead atoms. The van der Waals surface area contributed by atoms with Gasteiger partial charge in [-0.25, -0.2) is 0 Å². The molecule has 1 aromatic carbocycles. The summed E-state index contributed by atoms with van der Waals surface area (Å²) in [6.07, 6.45) is 8.63. The highest BCUT2D eigenvalue weighted by Crippen LogP contribution is 2.43. The van der Waals surface area contributed by atoms with Gasteiger partial charge in [-0.05, 0) is 55.0 Å². The number of fused-ring (bicyclic) bond motifs is 1. The minimum Gasteiger partial charge on any atom is -0.342 e. The van der Waals surface area contributed by atoms with Crippen LogP contribution < -0.4 is 0 Å². The normalized spacial score (nSPS) is 16.1. The van der Waals surface area contributed by atoms with Crippen LogP contribution in [0.2, 0.25) is 0 Å². The van der Waals surface area contributed by atoms with E-state index in [9.17, 15) is 0 Å². The average Bonchev–Trinajstić information content (AvgIpc) is 2.89. The molecule has 1 aliphatic carbocycles. The molecule has 2 aromatic heterocycles. The van der Waals surface area contributed by atoms with Crippen LogP contribution in [0.25, 0.3) is 22.3 Å². The van der Waals surface area contributed by atoms with Crippen molar-refractivity contribution in [2.45, 2.75) is 44.9 Å². The zero-order valence-electron chi connectivity index (χ0n) is 14.0. The summed E-state index contributed by atoms with van der Waals surface area (Å²) < 4.78 is 2.36. The Balaban J connectivity index is 2.00. The van der Waals surface area contributed by atoms with E-state index >= 15 is 0 Å². The predicted molar refractivity (Wildman–Crippen MR) is 96.7 cm³/mol. The highest BCUT2D eigenvalue weighted by atomic mass is 15.0. The Kier molecular flexibility index (Phi) is 3.68. The predicted octanol–water partition coefficient (Wildman–Crippen LogP) is 5.60. The smallest absolute Gasteiger partial charge is 0.0869 e. The van der Waals surface area contributed by atoms with E-state index in [1.54, 1.807) is 0 Å². The highest BCUT2D eigenvalue weighted by molar-refractivity contribution is 5.92. The van der Waals surface area contributed by atoms with Crippen LogP contribution in [0.5, 0.6) is 0 Å². The molecule has 4 rings (SSSR count). The van der Waals surface area contributed by atoms with Gasteiger partial charge in [0.25, 0.3) is 0 Å². The molecule has 0 radical (unpaired) electrons. The number of benzene rings is 1. The molecule has 0 spiro atoms. The van der Waals surface area contributed by atoms with E-state index in [0.717, 1.165) is 5.69 Å². The van der Waals surface area contributed by atoms with Gasteiger partial charge < -0.3 is 4.57 Å². The molecule has 2 heterocycles. The molecule has 0 amide bonds. The van der Waals surface area contributed by atoms with Crippen LogP contribution in [0.1, 0.15) is 49.1 Å². The summed E-state index contributed by atoms with van der Waals surface area (Å²) >= 11 is 0. The van der Waals surface area contributed by atoms with Crippen LogP contribution in [0, 0.1) is 6.92 Å². The second kappa shape index (κ2) is 5.84. The fourth-order valence-electron chi connectivity index (χ4n) is 4.19. The first kappa shape index (κ1) is 14.5. The molecule has 23 heavy (non-hydrogen) atoms. The fourth-order valence-corrected chi connectivity index (χ4v) is 4.19. The van der Waals surface area contributed by atoms with Crippen LogP contribution in [-0.2, 0) is 7.05 Å². The van der Waals surface area contributed by atoms with Gasteiger partial charge in [-0.2, -0.15) is 0 Å². The maximum Gasteiger partial charge on any atom is 0.0869 e. The molecule has 1 aliphatic rings. The first-order chi connectivity index (χ1) is 11.3. The third-order valence-corrected chi connectivity index (χ3v) is 5.32. The lowest BCUT2D eigenvalue weighted by Crippen LogP contribution is -2.06. The van der Waals surface area contributed by atoms with E-state index in [0.29, 0.717) is 5.92 Å². The molecule has 0 unspecified atom stereocenters. The largest absolute Gasteiger partial charge is 0.342 e. The number of hydrogen-bond acceptors (Lipinski definition) is 1. The zero-order chi connectivity index (χ0) is 15.8. The van der Waals surface area contributed by atoms with Gasteiger partial charge in [0.05, 0.1) is 11.4 Å². The molecule has 0 aliphatic heterocycles.